The van der Waals surface area contributed by atoms with E-state index < -0.39 is 17.7 Å². The molecule has 0 bridgehead atoms. The van der Waals surface area contributed by atoms with E-state index in [1.54, 1.807) is 20.8 Å². The minimum absolute atomic E-state index is 0.0663. The van der Waals surface area contributed by atoms with Gasteiger partial charge < -0.3 is 24.9 Å². The molecule has 0 saturated carbocycles. The molecule has 0 unspecified atom stereocenters. The molecule has 0 saturated heterocycles. The molecule has 2 aromatic rings. The molecule has 0 atom stereocenters. The number of fused-ring (bicyclic) bond motifs is 2. The lowest BCUT2D eigenvalue weighted by molar-refractivity contribution is 0.0528. The molecule has 2 heterocycles. The van der Waals surface area contributed by atoms with Gasteiger partial charge in [-0.25, -0.2) is 9.59 Å². The zero-order valence-electron chi connectivity index (χ0n) is 14.9. The van der Waals surface area contributed by atoms with Gasteiger partial charge in [0, 0.05) is 29.4 Å². The molecule has 1 amide bonds. The number of aromatic nitrogens is 1. The minimum Gasteiger partial charge on any atom is -0.491 e. The summed E-state index contributed by atoms with van der Waals surface area (Å²) >= 11 is 6.49. The summed E-state index contributed by atoms with van der Waals surface area (Å²) in [4.78, 5) is 26.3. The van der Waals surface area contributed by atoms with Crippen molar-refractivity contribution in [1.82, 2.24) is 10.3 Å². The van der Waals surface area contributed by atoms with Crippen LogP contribution in [0.3, 0.4) is 0 Å². The molecule has 0 spiro atoms. The molecule has 1 aromatic heterocycles. The second kappa shape index (κ2) is 6.72. The van der Waals surface area contributed by atoms with Crippen molar-refractivity contribution < 1.29 is 24.2 Å². The molecule has 1 aromatic carbocycles. The van der Waals surface area contributed by atoms with Gasteiger partial charge in [-0.05, 0) is 38.8 Å². The first kappa shape index (κ1) is 18.4. The lowest BCUT2D eigenvalue weighted by Crippen LogP contribution is -2.33. The molecule has 0 radical (unpaired) electrons. The number of carboxylic acids is 1. The number of carbonyl (C=O) groups is 2. The average Bonchev–Trinajstić information content (AvgIpc) is 3.10. The maximum atomic E-state index is 11.8. The van der Waals surface area contributed by atoms with Crippen LogP contribution in [0.2, 0.25) is 5.02 Å². The van der Waals surface area contributed by atoms with E-state index in [0.717, 1.165) is 12.0 Å². The van der Waals surface area contributed by atoms with Gasteiger partial charge in [0.25, 0.3) is 0 Å². The van der Waals surface area contributed by atoms with E-state index in [4.69, 9.17) is 21.1 Å². The van der Waals surface area contributed by atoms with Gasteiger partial charge in [-0.3, -0.25) is 0 Å². The Morgan fingerprint density at radius 1 is 1.42 bits per heavy atom. The maximum Gasteiger partial charge on any atom is 0.407 e. The van der Waals surface area contributed by atoms with Crippen LogP contribution in [-0.2, 0) is 17.6 Å². The summed E-state index contributed by atoms with van der Waals surface area (Å²) < 4.78 is 10.8. The van der Waals surface area contributed by atoms with Crippen LogP contribution in [0.25, 0.3) is 10.9 Å². The number of carbonyl (C=O) groups excluding carboxylic acids is 1. The number of alkyl carbamates (subject to hydrolysis) is 1. The van der Waals surface area contributed by atoms with Gasteiger partial charge in [0.2, 0.25) is 0 Å². The fourth-order valence-corrected chi connectivity index (χ4v) is 3.45. The Morgan fingerprint density at radius 2 is 2.15 bits per heavy atom. The number of ether oxygens (including phenoxy) is 2. The predicted molar refractivity (Wildman–Crippen MR) is 97.4 cm³/mol. The van der Waals surface area contributed by atoms with Gasteiger partial charge in [0.1, 0.15) is 17.0 Å². The Bertz CT molecular complexity index is 882. The normalized spacial score (nSPS) is 13.4. The van der Waals surface area contributed by atoms with Gasteiger partial charge in [-0.15, -0.1) is 0 Å². The van der Waals surface area contributed by atoms with Gasteiger partial charge in [0.05, 0.1) is 11.6 Å². The van der Waals surface area contributed by atoms with Crippen LogP contribution in [0.15, 0.2) is 6.07 Å². The van der Waals surface area contributed by atoms with Crippen LogP contribution in [0.5, 0.6) is 5.75 Å². The van der Waals surface area contributed by atoms with E-state index >= 15 is 0 Å². The highest BCUT2D eigenvalue weighted by molar-refractivity contribution is 6.37. The molecule has 3 rings (SSSR count). The molecule has 0 aliphatic carbocycles. The molecule has 26 heavy (non-hydrogen) atoms. The van der Waals surface area contributed by atoms with Crippen LogP contribution in [0, 0.1) is 0 Å². The summed E-state index contributed by atoms with van der Waals surface area (Å²) in [5, 5.41) is 13.2. The molecule has 8 heteroatoms. The van der Waals surface area contributed by atoms with Crippen LogP contribution >= 0.6 is 11.6 Å². The number of benzene rings is 1. The van der Waals surface area contributed by atoms with Gasteiger partial charge >= 0.3 is 12.1 Å². The summed E-state index contributed by atoms with van der Waals surface area (Å²) in [5.74, 6) is -0.470. The predicted octanol–water partition coefficient (Wildman–Crippen LogP) is 3.52. The van der Waals surface area contributed by atoms with Crippen molar-refractivity contribution in [2.45, 2.75) is 39.2 Å². The van der Waals surface area contributed by atoms with Crippen molar-refractivity contribution >= 4 is 34.6 Å². The molecule has 7 nitrogen and oxygen atoms in total. The quantitative estimate of drug-likeness (QED) is 0.753. The smallest absolute Gasteiger partial charge is 0.407 e. The van der Waals surface area contributed by atoms with Crippen molar-refractivity contribution in [3.05, 3.63) is 27.9 Å². The highest BCUT2D eigenvalue weighted by Gasteiger charge is 2.25. The average molecular weight is 381 g/mol. The summed E-state index contributed by atoms with van der Waals surface area (Å²) in [6.45, 7) is 6.10. The fourth-order valence-electron chi connectivity index (χ4n) is 3.05. The number of H-pyrrole nitrogens is 1. The summed E-state index contributed by atoms with van der Waals surface area (Å²) in [6.07, 6.45) is 0.478. The van der Waals surface area contributed by atoms with Crippen molar-refractivity contribution in [3.63, 3.8) is 0 Å². The minimum atomic E-state index is -1.08. The standard InChI is InChI=1S/C18H21ClN2O5/c1-18(2,3)26-17(24)20-6-4-10-12-11(21-14(10)16(22)23)8-9-5-7-25-15(9)13(12)19/h8,21H,4-7H2,1-3H3,(H,20,24)(H,22,23). The van der Waals surface area contributed by atoms with Gasteiger partial charge in [-0.2, -0.15) is 0 Å². The number of aromatic amines is 1. The summed E-state index contributed by atoms with van der Waals surface area (Å²) in [5.41, 5.74) is 1.62. The van der Waals surface area contributed by atoms with Crippen molar-refractivity contribution in [2.24, 2.45) is 0 Å². The number of nitrogens with one attached hydrogen (secondary N) is 2. The Kier molecular flexibility index (Phi) is 4.75. The third kappa shape index (κ3) is 3.58. The van der Waals surface area contributed by atoms with Crippen molar-refractivity contribution in [1.29, 1.82) is 0 Å². The van der Waals surface area contributed by atoms with Crippen LogP contribution in [0.4, 0.5) is 4.79 Å². The topological polar surface area (TPSA) is 101 Å². The first-order chi connectivity index (χ1) is 12.2. The molecular formula is C18H21ClN2O5. The van der Waals surface area contributed by atoms with Crippen LogP contribution in [0.1, 0.15) is 42.4 Å². The lowest BCUT2D eigenvalue weighted by Gasteiger charge is -2.19. The summed E-state index contributed by atoms with van der Waals surface area (Å²) in [6, 6.07) is 1.88. The van der Waals surface area contributed by atoms with Gasteiger partial charge in [0.15, 0.2) is 0 Å². The Balaban J connectivity index is 1.88. The number of rotatable bonds is 4. The molecule has 1 aliphatic rings. The van der Waals surface area contributed by atoms with E-state index in [2.05, 4.69) is 10.3 Å². The molecule has 3 N–H and O–H groups in total. The first-order valence-corrected chi connectivity index (χ1v) is 8.74. The zero-order valence-corrected chi connectivity index (χ0v) is 15.6. The maximum absolute atomic E-state index is 11.8. The lowest BCUT2D eigenvalue weighted by atomic mass is 10.0. The zero-order chi connectivity index (χ0) is 19.1. The SMILES string of the molecule is CC(C)(C)OC(=O)NCCc1c(C(=O)O)[nH]c2cc3c(c(Cl)c12)OCC3. The van der Waals surface area contributed by atoms with E-state index in [9.17, 15) is 14.7 Å². The number of hydrogen-bond donors (Lipinski definition) is 3. The molecule has 1 aliphatic heterocycles. The number of amides is 1. The number of aromatic carboxylic acids is 1. The Labute approximate surface area is 155 Å². The Morgan fingerprint density at radius 3 is 2.81 bits per heavy atom. The van der Waals surface area contributed by atoms with E-state index in [1.807, 2.05) is 6.07 Å². The number of halogens is 1. The summed E-state index contributed by atoms with van der Waals surface area (Å²) in [7, 11) is 0. The van der Waals surface area contributed by atoms with Crippen LogP contribution < -0.4 is 10.1 Å². The fraction of sp³-hybridized carbons (Fsp3) is 0.444. The highest BCUT2D eigenvalue weighted by Crippen LogP contribution is 2.41. The third-order valence-corrected chi connectivity index (χ3v) is 4.40. The molecule has 140 valence electrons. The van der Waals surface area contributed by atoms with E-state index in [-0.39, 0.29) is 12.2 Å². The Hall–Kier alpha value is -2.41. The van der Waals surface area contributed by atoms with E-state index in [0.29, 0.717) is 40.3 Å². The monoisotopic (exact) mass is 380 g/mol. The highest BCUT2D eigenvalue weighted by atomic mass is 35.5. The largest absolute Gasteiger partial charge is 0.491 e. The van der Waals surface area contributed by atoms with Crippen LogP contribution in [-0.4, -0.2) is 40.9 Å². The van der Waals surface area contributed by atoms with E-state index in [1.165, 1.54) is 0 Å². The van der Waals surface area contributed by atoms with Crippen molar-refractivity contribution in [2.75, 3.05) is 13.2 Å². The number of carboxylic acid groups (broad SMARTS) is 1. The second-order valence-corrected chi connectivity index (χ2v) is 7.54. The number of hydrogen-bond acceptors (Lipinski definition) is 4. The first-order valence-electron chi connectivity index (χ1n) is 8.36. The van der Waals surface area contributed by atoms with Gasteiger partial charge in [-0.1, -0.05) is 11.6 Å². The third-order valence-electron chi connectivity index (χ3n) is 4.04. The van der Waals surface area contributed by atoms with Crippen molar-refractivity contribution in [3.8, 4) is 5.75 Å². The molecule has 0 fully saturated rings. The molecular weight excluding hydrogens is 360 g/mol. The second-order valence-electron chi connectivity index (χ2n) is 7.16.